The topological polar surface area (TPSA) is 61.6 Å². The summed E-state index contributed by atoms with van der Waals surface area (Å²) < 4.78 is 69.9. The van der Waals surface area contributed by atoms with Crippen LogP contribution in [0.25, 0.3) is 17.0 Å². The van der Waals surface area contributed by atoms with Gasteiger partial charge in [-0.3, -0.25) is 0 Å². The van der Waals surface area contributed by atoms with Crippen LogP contribution < -0.4 is 4.74 Å². The molecule has 0 aliphatic carbocycles. The number of carbonyl (C=O) groups excluding carboxylic acids is 1. The van der Waals surface area contributed by atoms with E-state index in [9.17, 15) is 22.4 Å². The highest BCUT2D eigenvalue weighted by Gasteiger charge is 2.35. The van der Waals surface area contributed by atoms with Crippen molar-refractivity contribution < 1.29 is 36.2 Å². The lowest BCUT2D eigenvalue weighted by Gasteiger charge is -2.12. The Morgan fingerprint density at radius 2 is 1.97 bits per heavy atom. The molecule has 0 spiro atoms. The Hall–Kier alpha value is -3.36. The van der Waals surface area contributed by atoms with Gasteiger partial charge in [0, 0.05) is 35.1 Å². The number of nitrogens with zero attached hydrogens (tertiary/aromatic N) is 1. The molecule has 0 bridgehead atoms. The van der Waals surface area contributed by atoms with E-state index in [1.807, 2.05) is 6.92 Å². The Morgan fingerprint density at radius 3 is 2.65 bits per heavy atom. The largest absolute Gasteiger partial charge is 0.473 e. The Morgan fingerprint density at radius 1 is 1.19 bits per heavy atom. The first-order chi connectivity index (χ1) is 14.7. The Kier molecular flexibility index (Phi) is 6.62. The van der Waals surface area contributed by atoms with Crippen molar-refractivity contribution in [2.75, 3.05) is 6.61 Å². The van der Waals surface area contributed by atoms with Crippen LogP contribution in [-0.4, -0.2) is 17.6 Å². The molecule has 5 nitrogen and oxygen atoms in total. The van der Waals surface area contributed by atoms with Crippen molar-refractivity contribution in [2.45, 2.75) is 33.1 Å². The monoisotopic (exact) mass is 437 g/mol. The third-order valence-electron chi connectivity index (χ3n) is 4.29. The lowest BCUT2D eigenvalue weighted by Crippen LogP contribution is -2.12. The van der Waals surface area contributed by atoms with E-state index < -0.39 is 23.7 Å². The van der Waals surface area contributed by atoms with Crippen LogP contribution in [0.15, 0.2) is 40.8 Å². The average Bonchev–Trinajstić information content (AvgIpc) is 3.13. The first-order valence-corrected chi connectivity index (χ1v) is 9.48. The molecule has 1 aromatic carbocycles. The summed E-state index contributed by atoms with van der Waals surface area (Å²) in [5.74, 6) is -0.939. The van der Waals surface area contributed by atoms with E-state index in [2.05, 4.69) is 9.72 Å². The molecule has 2 aromatic heterocycles. The van der Waals surface area contributed by atoms with Gasteiger partial charge in [-0.1, -0.05) is 6.92 Å². The van der Waals surface area contributed by atoms with E-state index in [0.717, 1.165) is 18.2 Å². The summed E-state index contributed by atoms with van der Waals surface area (Å²) in [4.78, 5) is 14.9. The highest BCUT2D eigenvalue weighted by Crippen LogP contribution is 2.33. The minimum absolute atomic E-state index is 0.100. The van der Waals surface area contributed by atoms with Gasteiger partial charge in [0.2, 0.25) is 5.88 Å². The molecule has 0 fully saturated rings. The SMILES string of the molecule is CCOC(=O)/C=C/c1ccc(OCc2cc(F)cc3cc(CC)oc23)nc1C(F)(F)F. The van der Waals surface area contributed by atoms with Crippen LogP contribution >= 0.6 is 0 Å². The summed E-state index contributed by atoms with van der Waals surface area (Å²) in [6.45, 7) is 3.32. The maximum atomic E-state index is 13.9. The number of ether oxygens (including phenoxy) is 2. The normalized spacial score (nSPS) is 11.9. The molecule has 0 radical (unpaired) electrons. The van der Waals surface area contributed by atoms with Crippen LogP contribution in [0.5, 0.6) is 5.88 Å². The molecular weight excluding hydrogens is 418 g/mol. The zero-order valence-corrected chi connectivity index (χ0v) is 16.8. The molecule has 0 saturated carbocycles. The summed E-state index contributed by atoms with van der Waals surface area (Å²) >= 11 is 0. The molecule has 0 aliphatic heterocycles. The van der Waals surface area contributed by atoms with Gasteiger partial charge in [-0.25, -0.2) is 14.2 Å². The molecule has 0 amide bonds. The van der Waals surface area contributed by atoms with E-state index in [1.165, 1.54) is 18.2 Å². The molecule has 0 N–H and O–H groups in total. The van der Waals surface area contributed by atoms with Crippen molar-refractivity contribution in [1.82, 2.24) is 4.98 Å². The second-order valence-corrected chi connectivity index (χ2v) is 6.51. The number of benzene rings is 1. The van der Waals surface area contributed by atoms with Gasteiger partial charge in [-0.05, 0) is 37.3 Å². The van der Waals surface area contributed by atoms with Gasteiger partial charge in [-0.15, -0.1) is 0 Å². The molecule has 3 rings (SSSR count). The van der Waals surface area contributed by atoms with Gasteiger partial charge < -0.3 is 13.9 Å². The van der Waals surface area contributed by atoms with E-state index in [1.54, 1.807) is 13.0 Å². The number of alkyl halides is 3. The fourth-order valence-electron chi connectivity index (χ4n) is 2.91. The van der Waals surface area contributed by atoms with Gasteiger partial charge in [0.15, 0.2) is 5.69 Å². The fourth-order valence-corrected chi connectivity index (χ4v) is 2.91. The molecule has 0 atom stereocenters. The smallest absolute Gasteiger partial charge is 0.434 e. The van der Waals surface area contributed by atoms with Gasteiger partial charge in [-0.2, -0.15) is 13.2 Å². The van der Waals surface area contributed by atoms with Crippen molar-refractivity contribution >= 4 is 23.0 Å². The third-order valence-corrected chi connectivity index (χ3v) is 4.29. The fraction of sp³-hybridized carbons (Fsp3) is 0.273. The number of aromatic nitrogens is 1. The standard InChI is InChI=1S/C22H19F4NO4/c1-3-17-11-14-9-16(23)10-15(20(14)31-17)12-30-18-7-5-13(6-8-19(28)29-4-2)21(27-18)22(24,25)26/h5-11H,3-4,12H2,1-2H3/b8-6+. The maximum Gasteiger partial charge on any atom is 0.434 e. The number of pyridine rings is 1. The van der Waals surface area contributed by atoms with Gasteiger partial charge in [0.25, 0.3) is 0 Å². The minimum atomic E-state index is -4.78. The summed E-state index contributed by atoms with van der Waals surface area (Å²) in [7, 11) is 0. The van der Waals surface area contributed by atoms with Gasteiger partial charge >= 0.3 is 12.1 Å². The predicted octanol–water partition coefficient (Wildman–Crippen LogP) is 5.70. The summed E-state index contributed by atoms with van der Waals surface area (Å²) in [6.07, 6.45) is -2.31. The molecular formula is C22H19F4NO4. The molecule has 164 valence electrons. The Bertz CT molecular complexity index is 1120. The first-order valence-electron chi connectivity index (χ1n) is 9.48. The molecule has 2 heterocycles. The number of hydrogen-bond donors (Lipinski definition) is 0. The van der Waals surface area contributed by atoms with Crippen molar-refractivity contribution in [3.05, 3.63) is 64.8 Å². The Labute approximate surface area is 175 Å². The van der Waals surface area contributed by atoms with Crippen LogP contribution in [0.2, 0.25) is 0 Å². The summed E-state index contributed by atoms with van der Waals surface area (Å²) in [5.41, 5.74) is -0.791. The van der Waals surface area contributed by atoms with Crippen molar-refractivity contribution in [1.29, 1.82) is 0 Å². The van der Waals surface area contributed by atoms with Crippen LogP contribution in [0.1, 0.15) is 36.4 Å². The number of furan rings is 1. The first kappa shape index (κ1) is 22.3. The molecule has 0 saturated heterocycles. The average molecular weight is 437 g/mol. The van der Waals surface area contributed by atoms with Crippen LogP contribution in [0.3, 0.4) is 0 Å². The quantitative estimate of drug-likeness (QED) is 0.269. The Balaban J connectivity index is 1.86. The number of halogens is 4. The van der Waals surface area contributed by atoms with Gasteiger partial charge in [0.1, 0.15) is 23.8 Å². The third kappa shape index (κ3) is 5.42. The van der Waals surface area contributed by atoms with Crippen LogP contribution in [0.4, 0.5) is 17.6 Å². The number of aryl methyl sites for hydroxylation is 1. The zero-order chi connectivity index (χ0) is 22.6. The summed E-state index contributed by atoms with van der Waals surface area (Å²) in [6, 6.07) is 6.57. The van der Waals surface area contributed by atoms with E-state index in [0.29, 0.717) is 28.7 Å². The lowest BCUT2D eigenvalue weighted by molar-refractivity contribution is -0.141. The lowest BCUT2D eigenvalue weighted by atomic mass is 10.1. The van der Waals surface area contributed by atoms with Gasteiger partial charge in [0.05, 0.1) is 6.61 Å². The van der Waals surface area contributed by atoms with Crippen LogP contribution in [0, 0.1) is 5.82 Å². The van der Waals surface area contributed by atoms with E-state index in [-0.39, 0.29) is 24.7 Å². The van der Waals surface area contributed by atoms with Crippen molar-refractivity contribution in [3.8, 4) is 5.88 Å². The molecule has 31 heavy (non-hydrogen) atoms. The van der Waals surface area contributed by atoms with E-state index in [4.69, 9.17) is 9.15 Å². The molecule has 9 heteroatoms. The van der Waals surface area contributed by atoms with Crippen LogP contribution in [-0.2, 0) is 28.7 Å². The second kappa shape index (κ2) is 9.20. The number of fused-ring (bicyclic) bond motifs is 1. The molecule has 0 aliphatic rings. The second-order valence-electron chi connectivity index (χ2n) is 6.51. The minimum Gasteiger partial charge on any atom is -0.473 e. The highest BCUT2D eigenvalue weighted by atomic mass is 19.4. The summed E-state index contributed by atoms with van der Waals surface area (Å²) in [5, 5.41) is 0.541. The van der Waals surface area contributed by atoms with Crippen molar-refractivity contribution in [3.63, 3.8) is 0 Å². The zero-order valence-electron chi connectivity index (χ0n) is 16.8. The van der Waals surface area contributed by atoms with E-state index >= 15 is 0 Å². The predicted molar refractivity (Wildman–Crippen MR) is 105 cm³/mol. The van der Waals surface area contributed by atoms with Crippen molar-refractivity contribution in [2.24, 2.45) is 0 Å². The molecule has 0 unspecified atom stereocenters. The number of carbonyl (C=O) groups is 1. The number of rotatable bonds is 7. The number of hydrogen-bond acceptors (Lipinski definition) is 5. The highest BCUT2D eigenvalue weighted by molar-refractivity contribution is 5.87. The molecule has 3 aromatic rings. The maximum absolute atomic E-state index is 13.9. The number of esters is 1.